The van der Waals surface area contributed by atoms with Crippen LogP contribution in [-0.2, 0) is 11.8 Å². The molecule has 13 nitrogen and oxygen atoms in total. The molecule has 6 radical (unpaired) electrons. The van der Waals surface area contributed by atoms with Crippen molar-refractivity contribution in [1.29, 1.82) is 0 Å². The van der Waals surface area contributed by atoms with Gasteiger partial charge in [0.05, 0.1) is 47.7 Å². The monoisotopic (exact) mass is 605 g/mol. The largest absolute Gasteiger partial charge is 0.494 e. The fraction of sp³-hybridized carbons (Fsp3) is 0.448. The Kier molecular flexibility index (Phi) is 9.52. The molecule has 4 N–H and O–H groups in total. The van der Waals surface area contributed by atoms with E-state index in [1.807, 2.05) is 0 Å². The van der Waals surface area contributed by atoms with E-state index >= 15 is 0 Å². The van der Waals surface area contributed by atoms with Crippen LogP contribution in [0.2, 0.25) is 0 Å². The van der Waals surface area contributed by atoms with Crippen molar-refractivity contribution in [1.82, 2.24) is 35.5 Å². The number of aryl methyl sites for hydroxylation is 1. The van der Waals surface area contributed by atoms with Crippen LogP contribution < -0.4 is 26.0 Å². The molecule has 3 aromatic rings. The molecule has 0 spiro atoms. The molecule has 1 aromatic carbocycles. The first-order valence-corrected chi connectivity index (χ1v) is 14.8. The zero-order valence-electron chi connectivity index (χ0n) is 25.6. The maximum absolute atomic E-state index is 13.0. The molecule has 2 aromatic heterocycles. The van der Waals surface area contributed by atoms with Gasteiger partial charge in [-0.15, -0.1) is 10.2 Å². The first-order chi connectivity index (χ1) is 21.4. The summed E-state index contributed by atoms with van der Waals surface area (Å²) in [6.07, 6.45) is 4.80. The number of nitrogens with one attached hydrogen (secondary N) is 4. The summed E-state index contributed by atoms with van der Waals surface area (Å²) in [5.41, 5.74) is 1.91. The highest BCUT2D eigenvalue weighted by atomic mass is 16.5. The second-order valence-corrected chi connectivity index (χ2v) is 11.5. The summed E-state index contributed by atoms with van der Waals surface area (Å²) in [5, 5.41) is 21.7. The van der Waals surface area contributed by atoms with Gasteiger partial charge in [0.2, 0.25) is 5.91 Å². The summed E-state index contributed by atoms with van der Waals surface area (Å²) in [5.74, 6) is -0.759. The summed E-state index contributed by atoms with van der Waals surface area (Å²) in [4.78, 5) is 40.7. The molecule has 3 heterocycles. The van der Waals surface area contributed by atoms with Gasteiger partial charge in [-0.25, -0.2) is 0 Å². The molecule has 1 saturated carbocycles. The van der Waals surface area contributed by atoms with Gasteiger partial charge in [0, 0.05) is 37.2 Å². The van der Waals surface area contributed by atoms with Gasteiger partial charge in [-0.3, -0.25) is 19.1 Å². The van der Waals surface area contributed by atoms with Crippen LogP contribution >= 0.6 is 0 Å². The Bertz CT molecular complexity index is 1590. The molecule has 0 bridgehead atoms. The van der Waals surface area contributed by atoms with Crippen LogP contribution in [0.3, 0.4) is 0 Å². The molecule has 1 aliphatic heterocycles. The van der Waals surface area contributed by atoms with Crippen molar-refractivity contribution in [3.63, 3.8) is 0 Å². The second kappa shape index (κ2) is 13.3. The van der Waals surface area contributed by atoms with Crippen LogP contribution in [0.25, 0.3) is 11.3 Å². The average molecular weight is 605 g/mol. The van der Waals surface area contributed by atoms with Crippen molar-refractivity contribution < 1.29 is 19.1 Å². The number of para-hydroxylation sites is 1. The molecular formula is C29H34B3N9O4. The summed E-state index contributed by atoms with van der Waals surface area (Å²) in [7, 11) is 22.0. The SMILES string of the molecule is [B]C([B])([B])NC(=O)c1nnc(NC(=O)C2CC2)cc1Nc1cccc(-c2cc(C(=O)NCCC3CCCN3C)n(C)n2)c1OC. The number of benzene rings is 1. The number of amides is 3. The van der Waals surface area contributed by atoms with Crippen LogP contribution in [0, 0.1) is 5.92 Å². The molecule has 2 aliphatic rings. The lowest BCUT2D eigenvalue weighted by Crippen LogP contribution is -2.50. The van der Waals surface area contributed by atoms with Crippen LogP contribution in [0.5, 0.6) is 5.75 Å². The smallest absolute Gasteiger partial charge is 0.272 e. The lowest BCUT2D eigenvalue weighted by Gasteiger charge is -2.23. The Morgan fingerprint density at radius 3 is 2.49 bits per heavy atom. The number of nitrogens with zero attached hydrogens (tertiary/aromatic N) is 5. The van der Waals surface area contributed by atoms with E-state index in [1.54, 1.807) is 31.3 Å². The van der Waals surface area contributed by atoms with Gasteiger partial charge in [-0.1, -0.05) is 11.3 Å². The molecule has 1 saturated heterocycles. The van der Waals surface area contributed by atoms with Crippen molar-refractivity contribution >= 4 is 58.5 Å². The number of hydrogen-bond donors (Lipinski definition) is 4. The maximum Gasteiger partial charge on any atom is 0.272 e. The number of anilines is 3. The Morgan fingerprint density at radius 1 is 1.04 bits per heavy atom. The van der Waals surface area contributed by atoms with E-state index in [0.717, 1.165) is 32.2 Å². The van der Waals surface area contributed by atoms with Crippen molar-refractivity contribution in [3.05, 3.63) is 41.7 Å². The highest BCUT2D eigenvalue weighted by molar-refractivity contribution is 6.60. The zero-order valence-corrected chi connectivity index (χ0v) is 25.6. The molecular weight excluding hydrogens is 571 g/mol. The maximum atomic E-state index is 13.0. The topological polar surface area (TPSA) is 155 Å². The van der Waals surface area contributed by atoms with Crippen molar-refractivity contribution in [2.75, 3.05) is 37.9 Å². The fourth-order valence-corrected chi connectivity index (χ4v) is 5.35. The number of rotatable bonds is 12. The molecule has 1 unspecified atom stereocenters. The van der Waals surface area contributed by atoms with Crippen molar-refractivity contribution in [2.45, 2.75) is 43.4 Å². The van der Waals surface area contributed by atoms with E-state index in [4.69, 9.17) is 28.3 Å². The first kappa shape index (κ1) is 32.1. The average Bonchev–Trinajstić information content (AvgIpc) is 3.65. The Labute approximate surface area is 265 Å². The second-order valence-electron chi connectivity index (χ2n) is 11.5. The molecule has 3 amide bonds. The van der Waals surface area contributed by atoms with E-state index in [9.17, 15) is 14.4 Å². The lowest BCUT2D eigenvalue weighted by molar-refractivity contribution is -0.117. The molecule has 45 heavy (non-hydrogen) atoms. The van der Waals surface area contributed by atoms with Crippen LogP contribution in [0.4, 0.5) is 17.2 Å². The van der Waals surface area contributed by atoms with Gasteiger partial charge in [0.25, 0.3) is 11.8 Å². The summed E-state index contributed by atoms with van der Waals surface area (Å²) in [6.45, 7) is 1.65. The highest BCUT2D eigenvalue weighted by Crippen LogP contribution is 2.38. The highest BCUT2D eigenvalue weighted by Gasteiger charge is 2.30. The first-order valence-electron chi connectivity index (χ1n) is 14.8. The summed E-state index contributed by atoms with van der Waals surface area (Å²) in [6, 6.07) is 8.93. The number of hydrogen-bond acceptors (Lipinski definition) is 9. The van der Waals surface area contributed by atoms with Crippen LogP contribution in [-0.4, -0.2) is 105 Å². The van der Waals surface area contributed by atoms with Gasteiger partial charge in [0.1, 0.15) is 5.69 Å². The van der Waals surface area contributed by atoms with E-state index < -0.39 is 11.1 Å². The number of carbonyl (C=O) groups excluding carboxylic acids is 3. The predicted molar refractivity (Wildman–Crippen MR) is 172 cm³/mol. The zero-order chi connectivity index (χ0) is 32.3. The molecule has 5 rings (SSSR count). The van der Waals surface area contributed by atoms with Crippen LogP contribution in [0.1, 0.15) is 53.1 Å². The van der Waals surface area contributed by atoms with E-state index in [0.29, 0.717) is 41.0 Å². The van der Waals surface area contributed by atoms with Crippen molar-refractivity contribution in [3.8, 4) is 17.0 Å². The minimum Gasteiger partial charge on any atom is -0.494 e. The number of likely N-dealkylation sites (tertiary alicyclic amines) is 1. The molecule has 228 valence electrons. The Morgan fingerprint density at radius 2 is 1.82 bits per heavy atom. The summed E-state index contributed by atoms with van der Waals surface area (Å²) >= 11 is 0. The van der Waals surface area contributed by atoms with Gasteiger partial charge in [-0.05, 0) is 63.9 Å². The van der Waals surface area contributed by atoms with Gasteiger partial charge in [-0.2, -0.15) is 5.10 Å². The number of ether oxygens (including phenoxy) is 1. The van der Waals surface area contributed by atoms with E-state index in [1.165, 1.54) is 24.3 Å². The Balaban J connectivity index is 1.40. The van der Waals surface area contributed by atoms with Crippen LogP contribution in [0.15, 0.2) is 30.3 Å². The lowest BCUT2D eigenvalue weighted by atomic mass is 9.49. The number of methoxy groups -OCH3 is 1. The molecule has 1 aliphatic carbocycles. The Hall–Kier alpha value is -4.33. The van der Waals surface area contributed by atoms with Gasteiger partial charge >= 0.3 is 0 Å². The molecule has 2 fully saturated rings. The minimum absolute atomic E-state index is 0.0744. The summed E-state index contributed by atoms with van der Waals surface area (Å²) < 4.78 is 7.30. The standard InChI is InChI=1S/C29H34B3N9O4/c1-40-13-5-6-17(40)11-12-33-27(43)22-14-20(39-41(22)2)18-7-4-8-19(25(18)45-3)34-21-15-23(35-26(42)16-9-10-16)37-38-24(21)28(44)36-29(30,31)32/h4,7-8,14-17H,5-6,9-13H2,1-3H3,(H,33,43)(H,36,44)(H2,34,35,37,42). The third kappa shape index (κ3) is 7.85. The molecule has 16 heteroatoms. The van der Waals surface area contributed by atoms with E-state index in [2.05, 4.69) is 48.5 Å². The third-order valence-electron chi connectivity index (χ3n) is 7.85. The third-order valence-corrected chi connectivity index (χ3v) is 7.85. The number of aromatic nitrogens is 4. The predicted octanol–water partition coefficient (Wildman–Crippen LogP) is 1.04. The quantitative estimate of drug-likeness (QED) is 0.222. The fourth-order valence-electron chi connectivity index (χ4n) is 5.35. The normalized spacial score (nSPS) is 16.6. The van der Waals surface area contributed by atoms with E-state index in [-0.39, 0.29) is 34.9 Å². The number of carbonyl (C=O) groups is 3. The van der Waals surface area contributed by atoms with Gasteiger partial charge in [0.15, 0.2) is 17.3 Å². The minimum atomic E-state index is -2.01. The van der Waals surface area contributed by atoms with Crippen molar-refractivity contribution in [2.24, 2.45) is 13.0 Å². The van der Waals surface area contributed by atoms with Gasteiger partial charge < -0.3 is 30.9 Å². The molecule has 1 atom stereocenters.